The zero-order valence-electron chi connectivity index (χ0n) is 14.7. The molecule has 3 rings (SSSR count). The fraction of sp³-hybridized carbons (Fsp3) is 0.444. The summed E-state index contributed by atoms with van der Waals surface area (Å²) in [4.78, 5) is 41.3. The third-order valence-corrected chi connectivity index (χ3v) is 5.18. The number of aromatic nitrogens is 2. The van der Waals surface area contributed by atoms with Gasteiger partial charge in [-0.3, -0.25) is 19.0 Å². The maximum Gasteiger partial charge on any atom is 0.262 e. The van der Waals surface area contributed by atoms with E-state index in [9.17, 15) is 14.4 Å². The van der Waals surface area contributed by atoms with E-state index < -0.39 is 0 Å². The van der Waals surface area contributed by atoms with Gasteiger partial charge in [-0.15, -0.1) is 0 Å². The molecule has 1 aromatic heterocycles. The first-order valence-electron chi connectivity index (χ1n) is 8.77. The third-order valence-electron chi connectivity index (χ3n) is 4.86. The van der Waals surface area contributed by atoms with Gasteiger partial charge in [-0.05, 0) is 49.7 Å². The molecule has 3 N–H and O–H groups in total. The Morgan fingerprint density at radius 1 is 1.31 bits per heavy atom. The summed E-state index contributed by atoms with van der Waals surface area (Å²) >= 11 is 5.27. The molecule has 1 saturated heterocycles. The lowest BCUT2D eigenvalue weighted by Crippen LogP contribution is -2.41. The van der Waals surface area contributed by atoms with Gasteiger partial charge in [0.05, 0.1) is 10.9 Å². The first-order valence-corrected chi connectivity index (χ1v) is 9.18. The van der Waals surface area contributed by atoms with Crippen LogP contribution in [0.4, 0.5) is 0 Å². The van der Waals surface area contributed by atoms with Crippen molar-refractivity contribution in [2.24, 2.45) is 11.7 Å². The van der Waals surface area contributed by atoms with E-state index in [4.69, 9.17) is 18.0 Å². The molecule has 7 nitrogen and oxygen atoms in total. The van der Waals surface area contributed by atoms with Gasteiger partial charge in [-0.2, -0.15) is 0 Å². The molecule has 0 spiro atoms. The van der Waals surface area contributed by atoms with Crippen molar-refractivity contribution >= 4 is 34.9 Å². The molecule has 1 aliphatic rings. The number of aromatic amines is 1. The smallest absolute Gasteiger partial charge is 0.262 e. The molecule has 1 aromatic carbocycles. The molecule has 2 heterocycles. The lowest BCUT2D eigenvalue weighted by atomic mass is 9.96. The predicted octanol–water partition coefficient (Wildman–Crippen LogP) is 1.81. The van der Waals surface area contributed by atoms with Crippen LogP contribution in [0.25, 0.3) is 10.9 Å². The maximum absolute atomic E-state index is 12.7. The fourth-order valence-corrected chi connectivity index (χ4v) is 3.65. The number of piperidine rings is 1. The highest BCUT2D eigenvalue weighted by Gasteiger charge is 2.26. The Morgan fingerprint density at radius 3 is 2.62 bits per heavy atom. The van der Waals surface area contributed by atoms with Gasteiger partial charge in [-0.25, -0.2) is 0 Å². The Bertz CT molecular complexity index is 971. The molecule has 8 heteroatoms. The number of amides is 2. The molecule has 26 heavy (non-hydrogen) atoms. The van der Waals surface area contributed by atoms with Crippen LogP contribution < -0.4 is 11.3 Å². The number of carbonyl (C=O) groups is 2. The molecular weight excluding hydrogens is 352 g/mol. The number of nitrogens with one attached hydrogen (secondary N) is 1. The third kappa shape index (κ3) is 3.41. The number of hydrogen-bond acceptors (Lipinski definition) is 4. The molecule has 2 aromatic rings. The number of fused-ring (bicyclic) bond motifs is 1. The number of nitrogens with zero attached hydrogens (tertiary/aromatic N) is 2. The van der Waals surface area contributed by atoms with Crippen LogP contribution in [0.3, 0.4) is 0 Å². The van der Waals surface area contributed by atoms with Crippen molar-refractivity contribution < 1.29 is 9.59 Å². The topological polar surface area (TPSA) is 101 Å². The average Bonchev–Trinajstić information content (AvgIpc) is 2.64. The van der Waals surface area contributed by atoms with Crippen molar-refractivity contribution in [2.45, 2.75) is 32.7 Å². The van der Waals surface area contributed by atoms with Gasteiger partial charge in [0.2, 0.25) is 5.91 Å². The van der Waals surface area contributed by atoms with Gasteiger partial charge in [0, 0.05) is 31.1 Å². The van der Waals surface area contributed by atoms with Crippen LogP contribution in [0.2, 0.25) is 0 Å². The number of carbonyl (C=O) groups excluding carboxylic acids is 2. The van der Waals surface area contributed by atoms with E-state index in [2.05, 4.69) is 4.98 Å². The number of nitrogens with two attached hydrogens (primary N) is 1. The van der Waals surface area contributed by atoms with Gasteiger partial charge in [0.25, 0.3) is 11.5 Å². The van der Waals surface area contributed by atoms with Crippen molar-refractivity contribution in [1.29, 1.82) is 0 Å². The Labute approximate surface area is 155 Å². The number of rotatable bonds is 4. The highest BCUT2D eigenvalue weighted by Crippen LogP contribution is 2.20. The van der Waals surface area contributed by atoms with Gasteiger partial charge in [0.15, 0.2) is 4.77 Å². The summed E-state index contributed by atoms with van der Waals surface area (Å²) in [6, 6.07) is 5.00. The van der Waals surface area contributed by atoms with E-state index in [-0.39, 0.29) is 23.3 Å². The number of benzene rings is 1. The monoisotopic (exact) mass is 374 g/mol. The van der Waals surface area contributed by atoms with Crippen LogP contribution in [0.5, 0.6) is 0 Å². The van der Waals surface area contributed by atoms with Crippen LogP contribution in [-0.4, -0.2) is 39.4 Å². The van der Waals surface area contributed by atoms with Gasteiger partial charge >= 0.3 is 0 Å². The zero-order chi connectivity index (χ0) is 18.8. The maximum atomic E-state index is 12.7. The number of hydrogen-bond donors (Lipinski definition) is 2. The second-order valence-electron chi connectivity index (χ2n) is 6.62. The Balaban J connectivity index is 1.89. The van der Waals surface area contributed by atoms with Gasteiger partial charge in [-0.1, -0.05) is 6.92 Å². The van der Waals surface area contributed by atoms with Gasteiger partial charge < -0.3 is 15.6 Å². The number of likely N-dealkylation sites (tertiary alicyclic amines) is 1. The standard InChI is InChI=1S/C18H22N4O3S/c1-2-7-22-17(25)13-4-3-12(10-14(13)20-18(22)26)16(24)21-8-5-11(6-9-21)15(19)23/h3-4,10-11H,2,5-9H2,1H3,(H2,19,23)(H,20,26). The van der Waals surface area contributed by atoms with Crippen LogP contribution >= 0.6 is 12.2 Å². The van der Waals surface area contributed by atoms with E-state index in [1.54, 1.807) is 23.1 Å². The zero-order valence-corrected chi connectivity index (χ0v) is 15.5. The summed E-state index contributed by atoms with van der Waals surface area (Å²) in [6.45, 7) is 3.53. The van der Waals surface area contributed by atoms with Crippen molar-refractivity contribution in [3.8, 4) is 0 Å². The van der Waals surface area contributed by atoms with Crippen molar-refractivity contribution in [3.05, 3.63) is 38.9 Å². The van der Waals surface area contributed by atoms with Crippen molar-refractivity contribution in [2.75, 3.05) is 13.1 Å². The van der Waals surface area contributed by atoms with E-state index in [1.807, 2.05) is 6.92 Å². The predicted molar refractivity (Wildman–Crippen MR) is 102 cm³/mol. The molecule has 0 aliphatic carbocycles. The first-order chi connectivity index (χ1) is 12.4. The summed E-state index contributed by atoms with van der Waals surface area (Å²) in [5.41, 5.74) is 6.24. The first kappa shape index (κ1) is 18.3. The molecule has 0 radical (unpaired) electrons. The Hall–Kier alpha value is -2.48. The normalized spacial score (nSPS) is 15.3. The molecule has 0 atom stereocenters. The van der Waals surface area contributed by atoms with Crippen molar-refractivity contribution in [3.63, 3.8) is 0 Å². The Morgan fingerprint density at radius 2 is 2.00 bits per heavy atom. The largest absolute Gasteiger partial charge is 0.369 e. The lowest BCUT2D eigenvalue weighted by molar-refractivity contribution is -0.123. The molecule has 1 aliphatic heterocycles. The summed E-state index contributed by atoms with van der Waals surface area (Å²) in [6.07, 6.45) is 1.97. The van der Waals surface area contributed by atoms with Crippen LogP contribution in [0.15, 0.2) is 23.0 Å². The summed E-state index contributed by atoms with van der Waals surface area (Å²) in [5, 5.41) is 0.510. The molecule has 0 bridgehead atoms. The minimum absolute atomic E-state index is 0.119. The SMILES string of the molecule is CCCn1c(=S)[nH]c2cc(C(=O)N3CCC(C(N)=O)CC3)ccc2c1=O. The second kappa shape index (κ2) is 7.41. The van der Waals surface area contributed by atoms with Gasteiger partial charge in [0.1, 0.15) is 0 Å². The molecule has 138 valence electrons. The fourth-order valence-electron chi connectivity index (χ4n) is 3.36. The summed E-state index contributed by atoms with van der Waals surface area (Å²) in [5.74, 6) is -0.589. The van der Waals surface area contributed by atoms with E-state index >= 15 is 0 Å². The number of H-pyrrole nitrogens is 1. The molecule has 0 unspecified atom stereocenters. The van der Waals surface area contributed by atoms with Crippen LogP contribution in [0.1, 0.15) is 36.5 Å². The second-order valence-corrected chi connectivity index (χ2v) is 7.00. The highest BCUT2D eigenvalue weighted by molar-refractivity contribution is 7.71. The highest BCUT2D eigenvalue weighted by atomic mass is 32.1. The van der Waals surface area contributed by atoms with E-state index in [0.29, 0.717) is 53.7 Å². The minimum Gasteiger partial charge on any atom is -0.369 e. The lowest BCUT2D eigenvalue weighted by Gasteiger charge is -2.30. The van der Waals surface area contributed by atoms with E-state index in [1.165, 1.54) is 4.57 Å². The van der Waals surface area contributed by atoms with Crippen LogP contribution in [-0.2, 0) is 11.3 Å². The number of primary amides is 1. The quantitative estimate of drug-likeness (QED) is 0.797. The average molecular weight is 374 g/mol. The van der Waals surface area contributed by atoms with Crippen LogP contribution in [0, 0.1) is 10.7 Å². The molecule has 1 fully saturated rings. The van der Waals surface area contributed by atoms with Crippen molar-refractivity contribution in [1.82, 2.24) is 14.5 Å². The minimum atomic E-state index is -0.307. The molecular formula is C18H22N4O3S. The molecule has 0 saturated carbocycles. The van der Waals surface area contributed by atoms with E-state index in [0.717, 1.165) is 6.42 Å². The summed E-state index contributed by atoms with van der Waals surface area (Å²) in [7, 11) is 0. The Kier molecular flexibility index (Phi) is 5.22. The molecule has 2 amide bonds. The summed E-state index contributed by atoms with van der Waals surface area (Å²) < 4.78 is 1.89.